The van der Waals surface area contributed by atoms with Crippen molar-refractivity contribution < 1.29 is 9.63 Å². The van der Waals surface area contributed by atoms with Crippen molar-refractivity contribution in [2.24, 2.45) is 0 Å². The fraction of sp³-hybridized carbons (Fsp3) is 0.286. The number of hydroxylamine groups is 1. The van der Waals surface area contributed by atoms with E-state index in [-0.39, 0.29) is 5.91 Å². The van der Waals surface area contributed by atoms with Crippen molar-refractivity contribution in [2.45, 2.75) is 26.4 Å². The SMILES string of the molecule is CC(C)(C)ONC(=O)c1cnc(Cl)c2ccccc12. The van der Waals surface area contributed by atoms with E-state index >= 15 is 0 Å². The molecule has 1 heterocycles. The van der Waals surface area contributed by atoms with Crippen LogP contribution in [0.4, 0.5) is 0 Å². The minimum absolute atomic E-state index is 0.338. The Kier molecular flexibility index (Phi) is 3.73. The van der Waals surface area contributed by atoms with E-state index in [1.54, 1.807) is 0 Å². The summed E-state index contributed by atoms with van der Waals surface area (Å²) in [5.74, 6) is -0.338. The number of aromatic nitrogens is 1. The van der Waals surface area contributed by atoms with Crippen LogP contribution in [-0.4, -0.2) is 16.5 Å². The summed E-state index contributed by atoms with van der Waals surface area (Å²) in [6.45, 7) is 5.56. The molecule has 2 aromatic rings. The first kappa shape index (κ1) is 13.8. The molecule has 0 saturated heterocycles. The molecule has 0 spiro atoms. The Morgan fingerprint density at radius 3 is 2.53 bits per heavy atom. The third kappa shape index (κ3) is 3.22. The molecule has 2 rings (SSSR count). The number of hydrogen-bond donors (Lipinski definition) is 1. The standard InChI is InChI=1S/C14H15ClN2O2/c1-14(2,3)19-17-13(18)11-8-16-12(15)10-7-5-4-6-9(10)11/h4-8H,1-3H3,(H,17,18). The Morgan fingerprint density at radius 1 is 1.26 bits per heavy atom. The summed E-state index contributed by atoms with van der Waals surface area (Å²) in [4.78, 5) is 21.4. The largest absolute Gasteiger partial charge is 0.277 e. The minimum Gasteiger partial charge on any atom is -0.268 e. The molecule has 0 aliphatic rings. The van der Waals surface area contributed by atoms with Gasteiger partial charge in [-0.1, -0.05) is 35.9 Å². The monoisotopic (exact) mass is 278 g/mol. The number of pyridine rings is 1. The second-order valence-corrected chi connectivity index (χ2v) is 5.51. The van der Waals surface area contributed by atoms with Crippen LogP contribution in [0.5, 0.6) is 0 Å². The van der Waals surface area contributed by atoms with Gasteiger partial charge in [-0.15, -0.1) is 0 Å². The van der Waals surface area contributed by atoms with Crippen LogP contribution >= 0.6 is 11.6 Å². The Hall–Kier alpha value is -1.65. The Morgan fingerprint density at radius 2 is 1.89 bits per heavy atom. The molecule has 5 heteroatoms. The molecule has 0 saturated carbocycles. The van der Waals surface area contributed by atoms with Crippen molar-refractivity contribution in [1.29, 1.82) is 0 Å². The summed E-state index contributed by atoms with van der Waals surface area (Å²) in [5, 5.41) is 1.87. The van der Waals surface area contributed by atoms with Gasteiger partial charge in [0.05, 0.1) is 11.2 Å². The average Bonchev–Trinajstić information content (AvgIpc) is 2.36. The molecule has 0 unspecified atom stereocenters. The van der Waals surface area contributed by atoms with Crippen LogP contribution in [0.15, 0.2) is 30.5 Å². The quantitative estimate of drug-likeness (QED) is 0.677. The van der Waals surface area contributed by atoms with E-state index in [0.717, 1.165) is 10.8 Å². The number of nitrogens with zero attached hydrogens (tertiary/aromatic N) is 1. The van der Waals surface area contributed by atoms with Crippen LogP contribution in [-0.2, 0) is 4.84 Å². The minimum atomic E-state index is -0.453. The molecule has 0 aliphatic carbocycles. The van der Waals surface area contributed by atoms with Crippen molar-refractivity contribution in [3.05, 3.63) is 41.2 Å². The third-order valence-corrected chi connectivity index (χ3v) is 2.74. The molecule has 4 nitrogen and oxygen atoms in total. The lowest BCUT2D eigenvalue weighted by Gasteiger charge is -2.19. The van der Waals surface area contributed by atoms with Crippen molar-refractivity contribution in [1.82, 2.24) is 10.5 Å². The van der Waals surface area contributed by atoms with Gasteiger partial charge in [-0.05, 0) is 26.2 Å². The first-order chi connectivity index (χ1) is 8.88. The molecule has 1 amide bonds. The number of rotatable bonds is 2. The molecular weight excluding hydrogens is 264 g/mol. The Labute approximate surface area is 116 Å². The lowest BCUT2D eigenvalue weighted by atomic mass is 10.1. The Bertz CT molecular complexity index is 620. The van der Waals surface area contributed by atoms with Gasteiger partial charge >= 0.3 is 0 Å². The third-order valence-electron chi connectivity index (χ3n) is 2.44. The molecule has 1 aromatic heterocycles. The predicted molar refractivity (Wildman–Crippen MR) is 75.1 cm³/mol. The number of hydrogen-bond acceptors (Lipinski definition) is 3. The molecule has 0 atom stereocenters. The fourth-order valence-electron chi connectivity index (χ4n) is 1.59. The van der Waals surface area contributed by atoms with Crippen LogP contribution in [0.2, 0.25) is 5.15 Å². The molecule has 1 aromatic carbocycles. The van der Waals surface area contributed by atoms with E-state index in [4.69, 9.17) is 16.4 Å². The van der Waals surface area contributed by atoms with E-state index in [9.17, 15) is 4.79 Å². The summed E-state index contributed by atoms with van der Waals surface area (Å²) in [6.07, 6.45) is 1.45. The Balaban J connectivity index is 2.35. The maximum absolute atomic E-state index is 12.1. The summed E-state index contributed by atoms with van der Waals surface area (Å²) in [7, 11) is 0. The second kappa shape index (κ2) is 5.15. The molecule has 0 fully saturated rings. The number of carbonyl (C=O) groups excluding carboxylic acids is 1. The van der Waals surface area contributed by atoms with Crippen molar-refractivity contribution in [2.75, 3.05) is 0 Å². The highest BCUT2D eigenvalue weighted by molar-refractivity contribution is 6.34. The molecule has 0 bridgehead atoms. The molecule has 19 heavy (non-hydrogen) atoms. The summed E-state index contributed by atoms with van der Waals surface area (Å²) in [6, 6.07) is 7.35. The first-order valence-electron chi connectivity index (χ1n) is 5.90. The first-order valence-corrected chi connectivity index (χ1v) is 6.28. The lowest BCUT2D eigenvalue weighted by Crippen LogP contribution is -2.33. The van der Waals surface area contributed by atoms with Crippen molar-refractivity contribution >= 4 is 28.3 Å². The number of benzene rings is 1. The number of fused-ring (bicyclic) bond motifs is 1. The van der Waals surface area contributed by atoms with Crippen LogP contribution in [0.3, 0.4) is 0 Å². The zero-order valence-electron chi connectivity index (χ0n) is 11.0. The highest BCUT2D eigenvalue weighted by atomic mass is 35.5. The summed E-state index contributed by atoms with van der Waals surface area (Å²) >= 11 is 6.01. The normalized spacial score (nSPS) is 11.6. The topological polar surface area (TPSA) is 51.2 Å². The van der Waals surface area contributed by atoms with Crippen LogP contribution in [0.1, 0.15) is 31.1 Å². The molecule has 1 N–H and O–H groups in total. The van der Waals surface area contributed by atoms with E-state index in [1.165, 1.54) is 6.20 Å². The van der Waals surface area contributed by atoms with Gasteiger partial charge in [-0.2, -0.15) is 0 Å². The van der Waals surface area contributed by atoms with Gasteiger partial charge in [0.2, 0.25) is 0 Å². The zero-order valence-corrected chi connectivity index (χ0v) is 11.8. The van der Waals surface area contributed by atoms with Crippen molar-refractivity contribution in [3.63, 3.8) is 0 Å². The van der Waals surface area contributed by atoms with Gasteiger partial charge in [0.15, 0.2) is 0 Å². The van der Waals surface area contributed by atoms with Gasteiger partial charge in [0.25, 0.3) is 5.91 Å². The van der Waals surface area contributed by atoms with E-state index in [2.05, 4.69) is 10.5 Å². The van der Waals surface area contributed by atoms with Gasteiger partial charge < -0.3 is 0 Å². The highest BCUT2D eigenvalue weighted by Crippen LogP contribution is 2.24. The van der Waals surface area contributed by atoms with Gasteiger partial charge in [0, 0.05) is 11.6 Å². The van der Waals surface area contributed by atoms with E-state index < -0.39 is 5.60 Å². The van der Waals surface area contributed by atoms with Crippen LogP contribution in [0.25, 0.3) is 10.8 Å². The number of carbonyl (C=O) groups is 1. The molecule has 100 valence electrons. The van der Waals surface area contributed by atoms with Crippen LogP contribution < -0.4 is 5.48 Å². The zero-order chi connectivity index (χ0) is 14.0. The molecular formula is C14H15ClN2O2. The summed E-state index contributed by atoms with van der Waals surface area (Å²) in [5.41, 5.74) is 2.41. The van der Waals surface area contributed by atoms with Gasteiger partial charge in [-0.3, -0.25) is 9.63 Å². The average molecular weight is 279 g/mol. The second-order valence-electron chi connectivity index (χ2n) is 5.15. The van der Waals surface area contributed by atoms with E-state index in [0.29, 0.717) is 10.7 Å². The van der Waals surface area contributed by atoms with E-state index in [1.807, 2.05) is 45.0 Å². The van der Waals surface area contributed by atoms with Crippen LogP contribution in [0, 0.1) is 0 Å². The number of amides is 1. The fourth-order valence-corrected chi connectivity index (χ4v) is 1.81. The summed E-state index contributed by atoms with van der Waals surface area (Å²) < 4.78 is 0. The molecule has 0 aliphatic heterocycles. The predicted octanol–water partition coefficient (Wildman–Crippen LogP) is 3.35. The molecule has 0 radical (unpaired) electrons. The lowest BCUT2D eigenvalue weighted by molar-refractivity contribution is -0.0589. The maximum Gasteiger partial charge on any atom is 0.277 e. The highest BCUT2D eigenvalue weighted by Gasteiger charge is 2.16. The van der Waals surface area contributed by atoms with Gasteiger partial charge in [0.1, 0.15) is 5.15 Å². The smallest absolute Gasteiger partial charge is 0.268 e. The maximum atomic E-state index is 12.1. The van der Waals surface area contributed by atoms with Gasteiger partial charge in [-0.25, -0.2) is 10.5 Å². The van der Waals surface area contributed by atoms with Crippen molar-refractivity contribution in [3.8, 4) is 0 Å². The number of halogens is 1. The number of nitrogens with one attached hydrogen (secondary N) is 1.